The molecule has 8 rings (SSSR count). The second-order valence-electron chi connectivity index (χ2n) is 11.8. The molecule has 8 heteroatoms. The van der Waals surface area contributed by atoms with Crippen molar-refractivity contribution in [2.24, 2.45) is 15.0 Å². The Kier molecular flexibility index (Phi) is 8.85. The number of hydrogen-bond donors (Lipinski definition) is 3. The van der Waals surface area contributed by atoms with Gasteiger partial charge in [0.15, 0.2) is 17.3 Å². The van der Waals surface area contributed by atoms with Gasteiger partial charge in [0.2, 0.25) is 0 Å². The minimum absolute atomic E-state index is 0.0722. The van der Waals surface area contributed by atoms with E-state index in [1.54, 1.807) is 18.3 Å². The minimum atomic E-state index is -0.356. The molecule has 6 aromatic carbocycles. The number of thiophene rings is 1. The Morgan fingerprint density at radius 2 is 1.36 bits per heavy atom. The average molecular weight is 675 g/mol. The van der Waals surface area contributed by atoms with E-state index in [2.05, 4.69) is 59.8 Å². The van der Waals surface area contributed by atoms with Gasteiger partial charge in [-0.05, 0) is 43.1 Å². The Bertz CT molecular complexity index is 2560. The van der Waals surface area contributed by atoms with Gasteiger partial charge in [-0.1, -0.05) is 115 Å². The van der Waals surface area contributed by atoms with Crippen LogP contribution in [0.15, 0.2) is 136 Å². The van der Waals surface area contributed by atoms with Crippen LogP contribution in [0, 0.1) is 6.92 Å². The fourth-order valence-electron chi connectivity index (χ4n) is 6.46. The molecule has 0 saturated carbocycles. The second kappa shape index (κ2) is 13.7. The zero-order valence-electron chi connectivity index (χ0n) is 27.4. The number of aliphatic imine (C=N–C) groups is 3. The molecule has 0 bridgehead atoms. The standard InChI is InChI=1S/C34H25N3O3S.C8H9N/c1-19-30(38)27-23-16-17-25-26(24-15-9-14-22(33(24)41-25)20-10-5-3-6-11-20)28(23)37(29(27)32(40)31(19)39)18-36-34(35-2)21-12-7-4-8-13-21;1-9-7-8-5-3-2-4-6-8/h3-17,38-40H,2,18H2,1H3;2-6H,1,7H2/b36-34-;. The number of phenols is 3. The summed E-state index contributed by atoms with van der Waals surface area (Å²) in [6.45, 7) is 9.52. The molecule has 50 heavy (non-hydrogen) atoms. The van der Waals surface area contributed by atoms with E-state index in [1.165, 1.54) is 5.56 Å². The number of aromatic nitrogens is 1. The molecular formula is C42H34N4O3S. The van der Waals surface area contributed by atoms with Crippen molar-refractivity contribution in [1.82, 2.24) is 4.57 Å². The van der Waals surface area contributed by atoms with E-state index in [-0.39, 0.29) is 29.5 Å². The molecule has 2 aromatic heterocycles. The highest BCUT2D eigenvalue weighted by atomic mass is 32.1. The van der Waals surface area contributed by atoms with Crippen molar-refractivity contribution >= 4 is 72.6 Å². The van der Waals surface area contributed by atoms with Gasteiger partial charge < -0.3 is 19.9 Å². The van der Waals surface area contributed by atoms with E-state index < -0.39 is 0 Å². The highest BCUT2D eigenvalue weighted by Gasteiger charge is 2.26. The normalized spacial score (nSPS) is 11.6. The van der Waals surface area contributed by atoms with E-state index in [0.29, 0.717) is 16.7 Å². The lowest BCUT2D eigenvalue weighted by Crippen LogP contribution is -2.02. The van der Waals surface area contributed by atoms with Crippen molar-refractivity contribution in [3.8, 4) is 28.4 Å². The van der Waals surface area contributed by atoms with E-state index >= 15 is 0 Å². The summed E-state index contributed by atoms with van der Waals surface area (Å²) in [5.41, 5.74) is 5.64. The number of hydrogen-bond acceptors (Lipinski definition) is 6. The molecule has 0 aliphatic rings. The molecule has 8 aromatic rings. The minimum Gasteiger partial charge on any atom is -0.507 e. The molecule has 246 valence electrons. The van der Waals surface area contributed by atoms with Crippen molar-refractivity contribution in [2.75, 3.05) is 0 Å². The molecule has 0 unspecified atom stereocenters. The monoisotopic (exact) mass is 674 g/mol. The molecular weight excluding hydrogens is 641 g/mol. The van der Waals surface area contributed by atoms with Crippen molar-refractivity contribution in [3.05, 3.63) is 138 Å². The molecule has 0 spiro atoms. The summed E-state index contributed by atoms with van der Waals surface area (Å²) in [4.78, 5) is 12.7. The van der Waals surface area contributed by atoms with Gasteiger partial charge in [-0.2, -0.15) is 0 Å². The first kappa shape index (κ1) is 32.3. The molecule has 0 radical (unpaired) electrons. The zero-order valence-corrected chi connectivity index (χ0v) is 28.2. The molecule has 0 aliphatic heterocycles. The smallest absolute Gasteiger partial charge is 0.183 e. The lowest BCUT2D eigenvalue weighted by atomic mass is 10.0. The Labute approximate surface area is 293 Å². The third kappa shape index (κ3) is 5.65. The predicted octanol–water partition coefficient (Wildman–Crippen LogP) is 10.2. The molecule has 2 heterocycles. The first-order chi connectivity index (χ1) is 24.4. The maximum absolute atomic E-state index is 11.3. The molecule has 0 saturated heterocycles. The first-order valence-corrected chi connectivity index (χ1v) is 16.9. The van der Waals surface area contributed by atoms with Crippen LogP contribution in [0.5, 0.6) is 17.2 Å². The van der Waals surface area contributed by atoms with Crippen LogP contribution >= 0.6 is 11.3 Å². The van der Waals surface area contributed by atoms with E-state index in [1.807, 2.05) is 89.5 Å². The Hall–Kier alpha value is -6.25. The number of nitrogens with zero attached hydrogens (tertiary/aromatic N) is 4. The van der Waals surface area contributed by atoms with Gasteiger partial charge in [0.05, 0.1) is 17.4 Å². The van der Waals surface area contributed by atoms with Crippen LogP contribution in [0.4, 0.5) is 0 Å². The lowest BCUT2D eigenvalue weighted by Gasteiger charge is -2.11. The van der Waals surface area contributed by atoms with Gasteiger partial charge in [0.25, 0.3) is 0 Å². The Morgan fingerprint density at radius 1 is 0.680 bits per heavy atom. The third-order valence-corrected chi connectivity index (χ3v) is 10.0. The van der Waals surface area contributed by atoms with Crippen LogP contribution in [0.1, 0.15) is 16.7 Å². The number of benzene rings is 6. The van der Waals surface area contributed by atoms with Crippen molar-refractivity contribution in [3.63, 3.8) is 0 Å². The molecule has 0 aliphatic carbocycles. The van der Waals surface area contributed by atoms with Crippen LogP contribution in [0.2, 0.25) is 0 Å². The summed E-state index contributed by atoms with van der Waals surface area (Å²) >= 11 is 1.70. The summed E-state index contributed by atoms with van der Waals surface area (Å²) in [6, 6.07) is 40.2. The van der Waals surface area contributed by atoms with Gasteiger partial charge in [0.1, 0.15) is 17.9 Å². The molecule has 3 N–H and O–H groups in total. The van der Waals surface area contributed by atoms with Crippen LogP contribution in [-0.2, 0) is 13.2 Å². The Balaban J connectivity index is 0.000000381. The number of phenolic OH excluding ortho intramolecular Hbond substituents is 3. The summed E-state index contributed by atoms with van der Waals surface area (Å²) < 4.78 is 4.07. The molecule has 0 fully saturated rings. The van der Waals surface area contributed by atoms with E-state index in [9.17, 15) is 15.3 Å². The van der Waals surface area contributed by atoms with Crippen molar-refractivity contribution in [2.45, 2.75) is 20.1 Å². The van der Waals surface area contributed by atoms with E-state index in [0.717, 1.165) is 54.3 Å². The summed E-state index contributed by atoms with van der Waals surface area (Å²) in [6.07, 6.45) is 0. The third-order valence-electron chi connectivity index (χ3n) is 8.84. The summed E-state index contributed by atoms with van der Waals surface area (Å²) in [7, 11) is 0. The van der Waals surface area contributed by atoms with Crippen LogP contribution in [0.25, 0.3) is 53.1 Å². The molecule has 0 amide bonds. The van der Waals surface area contributed by atoms with Crippen molar-refractivity contribution in [1.29, 1.82) is 0 Å². The zero-order chi connectivity index (χ0) is 34.8. The van der Waals surface area contributed by atoms with Gasteiger partial charge in [-0.3, -0.25) is 4.99 Å². The van der Waals surface area contributed by atoms with Crippen LogP contribution < -0.4 is 0 Å². The Morgan fingerprint density at radius 3 is 2.04 bits per heavy atom. The largest absolute Gasteiger partial charge is 0.507 e. The highest BCUT2D eigenvalue weighted by molar-refractivity contribution is 7.26. The molecule has 7 nitrogen and oxygen atoms in total. The quantitative estimate of drug-likeness (QED) is 0.0708. The van der Waals surface area contributed by atoms with Crippen LogP contribution in [0.3, 0.4) is 0 Å². The first-order valence-electron chi connectivity index (χ1n) is 16.0. The van der Waals surface area contributed by atoms with Gasteiger partial charge in [0, 0.05) is 36.7 Å². The fourth-order valence-corrected chi connectivity index (χ4v) is 7.70. The van der Waals surface area contributed by atoms with Gasteiger partial charge in [-0.25, -0.2) is 9.98 Å². The molecule has 0 atom stereocenters. The van der Waals surface area contributed by atoms with Gasteiger partial charge in [-0.15, -0.1) is 11.3 Å². The number of fused-ring (bicyclic) bond motifs is 7. The number of amidine groups is 1. The van der Waals surface area contributed by atoms with Crippen LogP contribution in [-0.4, -0.2) is 39.2 Å². The average Bonchev–Trinajstić information content (AvgIpc) is 3.71. The number of aromatic hydroxyl groups is 3. The fraction of sp³-hybridized carbons (Fsp3) is 0.0714. The predicted molar refractivity (Wildman–Crippen MR) is 210 cm³/mol. The second-order valence-corrected chi connectivity index (χ2v) is 12.9. The summed E-state index contributed by atoms with van der Waals surface area (Å²) in [5.74, 6) is -0.274. The topological polar surface area (TPSA) is 103 Å². The number of rotatable bonds is 6. The van der Waals surface area contributed by atoms with Crippen molar-refractivity contribution < 1.29 is 15.3 Å². The van der Waals surface area contributed by atoms with E-state index in [4.69, 9.17) is 4.99 Å². The highest BCUT2D eigenvalue weighted by Crippen LogP contribution is 2.51. The maximum Gasteiger partial charge on any atom is 0.183 e. The lowest BCUT2D eigenvalue weighted by molar-refractivity contribution is 0.396. The van der Waals surface area contributed by atoms with Gasteiger partial charge >= 0.3 is 0 Å². The summed E-state index contributed by atoms with van der Waals surface area (Å²) in [5, 5.41) is 36.6. The SMILES string of the molecule is C=N/C(=N\Cn1c2c(O)c(O)c(C)c(O)c2c2ccc3sc4c(-c5ccccc5)cccc4c3c21)c1ccccc1.C=NCc1ccccc1. The maximum atomic E-state index is 11.3.